The normalized spacial score (nSPS) is 10.6. The molecule has 11 nitrogen and oxygen atoms in total. The van der Waals surface area contributed by atoms with E-state index in [0.717, 1.165) is 107 Å². The summed E-state index contributed by atoms with van der Waals surface area (Å²) in [5.74, 6) is 0.248. The van der Waals surface area contributed by atoms with E-state index in [-0.39, 0.29) is 66.0 Å². The van der Waals surface area contributed by atoms with Crippen LogP contribution in [0.2, 0.25) is 0 Å². The molecule has 0 saturated heterocycles. The maximum atomic E-state index is 8.25. The minimum absolute atomic E-state index is 0. The van der Waals surface area contributed by atoms with Crippen LogP contribution in [-0.2, 0) is 66.7 Å². The third-order valence-electron chi connectivity index (χ3n) is 13.8. The topological polar surface area (TPSA) is 142 Å². The molecule has 0 aliphatic rings. The van der Waals surface area contributed by atoms with Crippen molar-refractivity contribution in [2.24, 2.45) is 5.89 Å². The Bertz CT molecular complexity index is 4570. The molecule has 9 aromatic heterocycles. The second kappa shape index (κ2) is 41.6. The van der Waals surface area contributed by atoms with E-state index in [1.807, 2.05) is 275 Å². The van der Waals surface area contributed by atoms with Crippen LogP contribution >= 0.6 is 0 Å². The fourth-order valence-electron chi connectivity index (χ4n) is 9.19. The first kappa shape index (κ1) is 71.3. The van der Waals surface area contributed by atoms with Gasteiger partial charge in [0.25, 0.3) is 0 Å². The van der Waals surface area contributed by atoms with Crippen molar-refractivity contribution in [3.63, 3.8) is 0 Å². The standard InChI is InChI=1S/C20H19N2.2C16H12N3.3C11H8N.3Ir/c1-15(2)13-18-9-6-10-19(22-18)17-11-12-21-20(14-17)16-7-4-3-5-8-16;1-12-17-10-8-15(19-12)14-7-9-18-16(11-14)13-5-3-2-4-6-13;1-12-18-10-15(11-19-12)14-7-8-17-16(9-14)13-5-3-2-4-6-13;3*1-2-6-10(7-3-1)11-8-4-5-9-12-11;;;/h3-7,9-12,14-15H,13H2,1-2H3;2*2-5,7-11H,1H3;3*1-6,8-9H;;;/q6*-1;;;/i13D2,15D;;;;;;;;. The van der Waals surface area contributed by atoms with Gasteiger partial charge in [-0.25, -0.2) is 19.9 Å². The SMILES string of the molecule is Cc1ncc(-c2ccnc(-c3[c-]cccc3)c2)cn1.Cc1nccc(-c2ccnc(-c3[c-]cccc3)c2)n1.[2H]C(C)(C)C([2H])([2H])c1cccc(-c2ccnc(-c3[c-]cccc3)c2)n1.[Ir].[Ir].[Ir].[c-]1ccccc1-c1ccccn1.[c-]1ccccc1-c1ccccn1.[c-]1ccccc1-c1ccccn1. The summed E-state index contributed by atoms with van der Waals surface area (Å²) in [6.45, 7) is 6.87. The van der Waals surface area contributed by atoms with Crippen LogP contribution in [0, 0.1) is 56.1 Å². The van der Waals surface area contributed by atoms with Gasteiger partial charge in [-0.2, -0.15) is 0 Å². The molecule has 9 heterocycles. The predicted octanol–water partition coefficient (Wildman–Crippen LogP) is 19.1. The van der Waals surface area contributed by atoms with Crippen molar-refractivity contribution in [3.05, 3.63) is 370 Å². The second-order valence-corrected chi connectivity index (χ2v) is 21.1. The van der Waals surface area contributed by atoms with E-state index in [9.17, 15) is 0 Å². The van der Waals surface area contributed by atoms with Crippen LogP contribution in [0.1, 0.15) is 35.3 Å². The zero-order chi connectivity index (χ0) is 68.9. The Kier molecular flexibility index (Phi) is 29.9. The third-order valence-corrected chi connectivity index (χ3v) is 13.8. The van der Waals surface area contributed by atoms with Crippen molar-refractivity contribution in [3.8, 4) is 101 Å². The number of hydrogen-bond donors (Lipinski definition) is 0. The van der Waals surface area contributed by atoms with Gasteiger partial charge in [0.05, 0.1) is 11.4 Å². The molecule has 0 fully saturated rings. The predicted molar refractivity (Wildman–Crippen MR) is 384 cm³/mol. The fourth-order valence-corrected chi connectivity index (χ4v) is 9.19. The zero-order valence-corrected chi connectivity index (χ0v) is 61.6. The van der Waals surface area contributed by atoms with Gasteiger partial charge in [0.2, 0.25) is 0 Å². The summed E-state index contributed by atoms with van der Waals surface area (Å²) < 4.78 is 24.6. The van der Waals surface area contributed by atoms with E-state index < -0.39 is 12.3 Å². The molecule has 14 heteroatoms. The molecule has 0 aliphatic heterocycles. The van der Waals surface area contributed by atoms with Crippen molar-refractivity contribution < 1.29 is 64.4 Å². The zero-order valence-electron chi connectivity index (χ0n) is 57.4. The fraction of sp³-hybridized carbons (Fsp3) is 0.0706. The molecule has 0 amide bonds. The van der Waals surface area contributed by atoms with Gasteiger partial charge in [-0.1, -0.05) is 74.5 Å². The molecule has 0 saturated carbocycles. The van der Waals surface area contributed by atoms with Crippen LogP contribution in [0.3, 0.4) is 0 Å². The molecular weight excluding hydrogens is 1750 g/mol. The van der Waals surface area contributed by atoms with E-state index in [4.69, 9.17) is 4.11 Å². The van der Waals surface area contributed by atoms with Gasteiger partial charge in [0.1, 0.15) is 11.6 Å². The number of aryl methyl sites for hydroxylation is 2. The Labute approximate surface area is 626 Å². The Balaban J connectivity index is 0.000000174. The monoisotopic (exact) mass is 1820 g/mol. The average Bonchev–Trinajstić information content (AvgIpc) is 0.789. The number of pyridine rings is 7. The molecular formula is C85H67Ir3N11-6. The maximum Gasteiger partial charge on any atom is 0.125 e. The molecule has 6 aromatic carbocycles. The molecule has 0 aliphatic carbocycles. The van der Waals surface area contributed by atoms with Crippen LogP contribution in [0.15, 0.2) is 317 Å². The number of aromatic nitrogens is 11. The van der Waals surface area contributed by atoms with Gasteiger partial charge >= 0.3 is 0 Å². The first-order chi connectivity index (χ1) is 48.3. The number of nitrogens with zero attached hydrogens (tertiary/aromatic N) is 11. The molecule has 0 bridgehead atoms. The summed E-state index contributed by atoms with van der Waals surface area (Å²) in [5, 5.41) is 0. The maximum absolute atomic E-state index is 8.25. The number of benzene rings is 6. The van der Waals surface area contributed by atoms with E-state index in [1.54, 1.807) is 69.4 Å². The van der Waals surface area contributed by atoms with Gasteiger partial charge in [0.15, 0.2) is 0 Å². The number of hydrogen-bond acceptors (Lipinski definition) is 11. The van der Waals surface area contributed by atoms with Crippen LogP contribution in [0.4, 0.5) is 0 Å². The molecule has 99 heavy (non-hydrogen) atoms. The molecule has 0 atom stereocenters. The Morgan fingerprint density at radius 2 is 0.616 bits per heavy atom. The molecule has 0 N–H and O–H groups in total. The number of rotatable bonds is 11. The van der Waals surface area contributed by atoms with Gasteiger partial charge in [0, 0.05) is 131 Å². The van der Waals surface area contributed by atoms with Gasteiger partial charge in [-0.05, 0) is 132 Å². The van der Waals surface area contributed by atoms with Crippen molar-refractivity contribution in [1.29, 1.82) is 0 Å². The second-order valence-electron chi connectivity index (χ2n) is 21.1. The van der Waals surface area contributed by atoms with Crippen molar-refractivity contribution in [1.82, 2.24) is 54.8 Å². The molecule has 15 aromatic rings. The summed E-state index contributed by atoms with van der Waals surface area (Å²) in [6.07, 6.45) is 14.2. The van der Waals surface area contributed by atoms with Gasteiger partial charge in [-0.15, -0.1) is 215 Å². The third kappa shape index (κ3) is 24.5. The first-order valence-corrected chi connectivity index (χ1v) is 30.9. The largest absolute Gasteiger partial charge is 0.305 e. The quantitative estimate of drug-likeness (QED) is 0.114. The minimum atomic E-state index is -1.86. The summed E-state index contributed by atoms with van der Waals surface area (Å²) >= 11 is 0. The molecule has 0 spiro atoms. The van der Waals surface area contributed by atoms with Crippen LogP contribution in [-0.4, -0.2) is 54.8 Å². The molecule has 0 unspecified atom stereocenters. The smallest absolute Gasteiger partial charge is 0.125 e. The molecule has 15 rings (SSSR count). The average molecular weight is 1820 g/mol. The van der Waals surface area contributed by atoms with Crippen molar-refractivity contribution in [2.45, 2.75) is 34.1 Å². The van der Waals surface area contributed by atoms with E-state index >= 15 is 0 Å². The summed E-state index contributed by atoms with van der Waals surface area (Å²) in [7, 11) is 0. The van der Waals surface area contributed by atoms with Gasteiger partial charge < -0.3 is 29.9 Å². The Morgan fingerprint density at radius 1 is 0.293 bits per heavy atom. The molecule has 3 radical (unpaired) electrons. The molecule has 495 valence electrons. The first-order valence-electron chi connectivity index (χ1n) is 32.4. The van der Waals surface area contributed by atoms with Crippen molar-refractivity contribution in [2.75, 3.05) is 0 Å². The summed E-state index contributed by atoms with van der Waals surface area (Å²) in [6, 6.07) is 102. The van der Waals surface area contributed by atoms with E-state index in [2.05, 4.69) is 91.2 Å². The summed E-state index contributed by atoms with van der Waals surface area (Å²) in [5.41, 5.74) is 17.2. The van der Waals surface area contributed by atoms with E-state index in [1.165, 1.54) is 0 Å². The van der Waals surface area contributed by atoms with E-state index in [0.29, 0.717) is 5.69 Å². The Morgan fingerprint density at radius 3 is 0.960 bits per heavy atom. The van der Waals surface area contributed by atoms with Crippen molar-refractivity contribution >= 4 is 0 Å². The van der Waals surface area contributed by atoms with Gasteiger partial charge in [-0.3, -0.25) is 4.98 Å². The van der Waals surface area contributed by atoms with Crippen LogP contribution in [0.5, 0.6) is 0 Å². The summed E-state index contributed by atoms with van der Waals surface area (Å²) in [4.78, 5) is 47.3. The Hall–Kier alpha value is -10.5. The van der Waals surface area contributed by atoms with Crippen LogP contribution in [0.25, 0.3) is 101 Å². The van der Waals surface area contributed by atoms with Crippen LogP contribution < -0.4 is 0 Å². The minimum Gasteiger partial charge on any atom is -0.305 e.